The lowest BCUT2D eigenvalue weighted by Gasteiger charge is -2.30. The quantitative estimate of drug-likeness (QED) is 0.934. The van der Waals surface area contributed by atoms with E-state index in [1.54, 1.807) is 12.3 Å². The minimum absolute atomic E-state index is 0.0907. The normalized spacial score (nSPS) is 26.4. The Bertz CT molecular complexity index is 727. The van der Waals surface area contributed by atoms with E-state index < -0.39 is 0 Å². The molecule has 2 aliphatic rings. The van der Waals surface area contributed by atoms with Gasteiger partial charge in [0.25, 0.3) is 5.91 Å². The van der Waals surface area contributed by atoms with Gasteiger partial charge in [0, 0.05) is 44.7 Å². The molecule has 2 aromatic heterocycles. The first kappa shape index (κ1) is 14.5. The molecule has 3 atom stereocenters. The molecule has 2 aliphatic heterocycles. The number of amides is 1. The van der Waals surface area contributed by atoms with E-state index in [2.05, 4.69) is 15.2 Å². The first-order chi connectivity index (χ1) is 11.1. The summed E-state index contributed by atoms with van der Waals surface area (Å²) in [5.41, 5.74) is 1.16. The lowest BCUT2D eigenvalue weighted by Crippen LogP contribution is -2.47. The Labute approximate surface area is 135 Å². The molecule has 6 heteroatoms. The molecule has 1 N–H and O–H groups in total. The summed E-state index contributed by atoms with van der Waals surface area (Å²) in [5, 5.41) is 4.05. The third-order valence-electron chi connectivity index (χ3n) is 4.87. The second-order valence-electron chi connectivity index (χ2n) is 6.91. The van der Waals surface area contributed by atoms with Crippen molar-refractivity contribution in [2.45, 2.75) is 18.9 Å². The highest BCUT2D eigenvalue weighted by atomic mass is 16.4. The van der Waals surface area contributed by atoms with Gasteiger partial charge in [-0.1, -0.05) is 0 Å². The summed E-state index contributed by atoms with van der Waals surface area (Å²) in [6.07, 6.45) is 3.98. The maximum absolute atomic E-state index is 12.5. The van der Waals surface area contributed by atoms with Crippen molar-refractivity contribution in [3.8, 4) is 0 Å². The van der Waals surface area contributed by atoms with Gasteiger partial charge in [0.1, 0.15) is 5.69 Å². The number of nitrogens with zero attached hydrogens (tertiary/aromatic N) is 3. The molecule has 2 aromatic rings. The van der Waals surface area contributed by atoms with Crippen LogP contribution >= 0.6 is 0 Å². The number of furan rings is 1. The molecule has 2 fully saturated rings. The van der Waals surface area contributed by atoms with E-state index in [0.717, 1.165) is 30.2 Å². The van der Waals surface area contributed by atoms with Crippen LogP contribution in [0.15, 0.2) is 22.7 Å². The van der Waals surface area contributed by atoms with Crippen molar-refractivity contribution in [3.63, 3.8) is 0 Å². The number of carbonyl (C=O) groups excluding carboxylic acids is 1. The topological polar surface area (TPSA) is 61.6 Å². The maximum atomic E-state index is 12.5. The lowest BCUT2D eigenvalue weighted by molar-refractivity contribution is 0.0904. The van der Waals surface area contributed by atoms with Crippen LogP contribution in [-0.4, -0.2) is 55.6 Å². The molecule has 0 radical (unpaired) electrons. The molecule has 23 heavy (non-hydrogen) atoms. The fourth-order valence-corrected chi connectivity index (χ4v) is 3.70. The minimum atomic E-state index is -0.0907. The highest BCUT2D eigenvalue weighted by Gasteiger charge is 2.33. The largest absolute Gasteiger partial charge is 0.439 e. The van der Waals surface area contributed by atoms with Gasteiger partial charge in [0.15, 0.2) is 11.5 Å². The standard InChI is InChI=1S/C17H22N4O2/c1-20(2)16-7-12-6-14(18-8-15(12)23-16)17(22)19-13-5-11-3-4-21(9-11)10-13/h6-8,11,13H,3-5,9-10H2,1-2H3,(H,19,22)/t11-,13+/m0/s1. The van der Waals surface area contributed by atoms with Gasteiger partial charge in [0.05, 0.1) is 6.20 Å². The number of aromatic nitrogens is 1. The average molecular weight is 314 g/mol. The van der Waals surface area contributed by atoms with E-state index in [1.165, 1.54) is 19.5 Å². The zero-order chi connectivity index (χ0) is 16.0. The second kappa shape index (κ2) is 5.53. The fourth-order valence-electron chi connectivity index (χ4n) is 3.70. The molecule has 1 amide bonds. The van der Waals surface area contributed by atoms with Gasteiger partial charge in [-0.05, 0) is 31.4 Å². The Kier molecular flexibility index (Phi) is 3.49. The first-order valence-electron chi connectivity index (χ1n) is 8.18. The number of anilines is 1. The Morgan fingerprint density at radius 1 is 1.39 bits per heavy atom. The van der Waals surface area contributed by atoms with Gasteiger partial charge in [0.2, 0.25) is 0 Å². The zero-order valence-corrected chi connectivity index (χ0v) is 13.6. The summed E-state index contributed by atoms with van der Waals surface area (Å²) in [7, 11) is 3.84. The Balaban J connectivity index is 1.50. The highest BCUT2D eigenvalue weighted by Crippen LogP contribution is 2.27. The number of hydrogen-bond acceptors (Lipinski definition) is 5. The van der Waals surface area contributed by atoms with Crippen LogP contribution in [0.5, 0.6) is 0 Å². The fraction of sp³-hybridized carbons (Fsp3) is 0.529. The van der Waals surface area contributed by atoms with Gasteiger partial charge in [-0.15, -0.1) is 0 Å². The van der Waals surface area contributed by atoms with E-state index in [4.69, 9.17) is 4.42 Å². The van der Waals surface area contributed by atoms with Crippen LogP contribution in [0.4, 0.5) is 5.88 Å². The lowest BCUT2D eigenvalue weighted by atomic mass is 9.97. The van der Waals surface area contributed by atoms with E-state index in [0.29, 0.717) is 11.3 Å². The summed E-state index contributed by atoms with van der Waals surface area (Å²) in [6, 6.07) is 3.97. The third kappa shape index (κ3) is 2.79. The Hall–Kier alpha value is -2.08. The number of pyridine rings is 1. The monoisotopic (exact) mass is 314 g/mol. The second-order valence-corrected chi connectivity index (χ2v) is 6.91. The van der Waals surface area contributed by atoms with Gasteiger partial charge in [-0.2, -0.15) is 0 Å². The van der Waals surface area contributed by atoms with E-state index in [-0.39, 0.29) is 11.9 Å². The smallest absolute Gasteiger partial charge is 0.270 e. The molecule has 4 heterocycles. The van der Waals surface area contributed by atoms with Crippen molar-refractivity contribution in [2.24, 2.45) is 5.92 Å². The SMILES string of the molecule is CN(C)c1cc2cc(C(=O)N[C@@H]3C[C@@H]4CCN(C4)C3)ncc2o1. The van der Waals surface area contributed by atoms with Crippen LogP contribution in [0.25, 0.3) is 11.0 Å². The van der Waals surface area contributed by atoms with Crippen LogP contribution in [0.1, 0.15) is 23.3 Å². The predicted molar refractivity (Wildman–Crippen MR) is 88.8 cm³/mol. The molecule has 2 bridgehead atoms. The molecular weight excluding hydrogens is 292 g/mol. The van der Waals surface area contributed by atoms with Crippen molar-refractivity contribution < 1.29 is 9.21 Å². The maximum Gasteiger partial charge on any atom is 0.270 e. The van der Waals surface area contributed by atoms with Crippen molar-refractivity contribution in [3.05, 3.63) is 24.0 Å². The Morgan fingerprint density at radius 2 is 2.26 bits per heavy atom. The highest BCUT2D eigenvalue weighted by molar-refractivity contribution is 5.96. The zero-order valence-electron chi connectivity index (χ0n) is 13.6. The van der Waals surface area contributed by atoms with E-state index in [1.807, 2.05) is 25.1 Å². The number of fused-ring (bicyclic) bond motifs is 3. The molecular formula is C17H22N4O2. The number of hydrogen-bond donors (Lipinski definition) is 1. The molecule has 0 spiro atoms. The molecule has 6 nitrogen and oxygen atoms in total. The van der Waals surface area contributed by atoms with Crippen LogP contribution < -0.4 is 10.2 Å². The summed E-state index contributed by atoms with van der Waals surface area (Å²) in [4.78, 5) is 21.1. The van der Waals surface area contributed by atoms with E-state index >= 15 is 0 Å². The summed E-state index contributed by atoms with van der Waals surface area (Å²) >= 11 is 0. The summed E-state index contributed by atoms with van der Waals surface area (Å²) < 4.78 is 5.68. The van der Waals surface area contributed by atoms with Crippen molar-refractivity contribution in [1.29, 1.82) is 0 Å². The number of rotatable bonds is 3. The minimum Gasteiger partial charge on any atom is -0.439 e. The molecule has 4 rings (SSSR count). The summed E-state index contributed by atoms with van der Waals surface area (Å²) in [6.45, 7) is 3.32. The van der Waals surface area contributed by atoms with Crippen molar-refractivity contribution in [1.82, 2.24) is 15.2 Å². The van der Waals surface area contributed by atoms with Crippen LogP contribution in [0.3, 0.4) is 0 Å². The third-order valence-corrected chi connectivity index (χ3v) is 4.87. The summed E-state index contributed by atoms with van der Waals surface area (Å²) in [5.74, 6) is 1.41. The van der Waals surface area contributed by atoms with Gasteiger partial charge in [-0.25, -0.2) is 4.98 Å². The van der Waals surface area contributed by atoms with Crippen molar-refractivity contribution in [2.75, 3.05) is 38.6 Å². The molecule has 1 unspecified atom stereocenters. The molecule has 0 aromatic carbocycles. The van der Waals surface area contributed by atoms with Crippen LogP contribution in [0, 0.1) is 5.92 Å². The van der Waals surface area contributed by atoms with Gasteiger partial charge >= 0.3 is 0 Å². The Morgan fingerprint density at radius 3 is 3.04 bits per heavy atom. The predicted octanol–water partition coefficient (Wildman–Crippen LogP) is 1.72. The number of carbonyl (C=O) groups is 1. The van der Waals surface area contributed by atoms with Gasteiger partial charge < -0.3 is 19.5 Å². The molecule has 0 saturated carbocycles. The van der Waals surface area contributed by atoms with Crippen LogP contribution in [-0.2, 0) is 0 Å². The van der Waals surface area contributed by atoms with Crippen molar-refractivity contribution >= 4 is 22.8 Å². The molecule has 0 aliphatic carbocycles. The van der Waals surface area contributed by atoms with E-state index in [9.17, 15) is 4.79 Å². The van der Waals surface area contributed by atoms with Gasteiger partial charge in [-0.3, -0.25) is 4.79 Å². The van der Waals surface area contributed by atoms with Crippen LogP contribution in [0.2, 0.25) is 0 Å². The molecule has 122 valence electrons. The number of nitrogens with one attached hydrogen (secondary N) is 1. The molecule has 2 saturated heterocycles. The first-order valence-corrected chi connectivity index (χ1v) is 8.18. The average Bonchev–Trinajstić information content (AvgIpc) is 3.09. The number of piperidine rings is 1.